The molecule has 1 aliphatic rings. The monoisotopic (exact) mass is 409 g/mol. The molecular formula is C22H20FN3O4. The van der Waals surface area contributed by atoms with E-state index in [4.69, 9.17) is 9.47 Å². The minimum absolute atomic E-state index is 0.0248. The van der Waals surface area contributed by atoms with E-state index < -0.39 is 5.92 Å². The number of nitrogens with zero attached hydrogens (tertiary/aromatic N) is 2. The summed E-state index contributed by atoms with van der Waals surface area (Å²) in [6, 6.07) is 10.8. The topological polar surface area (TPSA) is 82.4 Å². The number of Topliss-reactive ketones (excluding diaryl/α,β-unsaturated/α-hetero) is 1. The van der Waals surface area contributed by atoms with Gasteiger partial charge in [-0.3, -0.25) is 9.59 Å². The summed E-state index contributed by atoms with van der Waals surface area (Å²) in [5, 5.41) is 7.31. The Labute approximate surface area is 172 Å². The summed E-state index contributed by atoms with van der Waals surface area (Å²) < 4.78 is 25.6. The third kappa shape index (κ3) is 3.20. The van der Waals surface area contributed by atoms with Crippen LogP contribution >= 0.6 is 0 Å². The first-order chi connectivity index (χ1) is 14.4. The number of halogens is 1. The number of aryl methyl sites for hydroxylation is 1. The first kappa shape index (κ1) is 19.6. The first-order valence-corrected chi connectivity index (χ1v) is 9.35. The van der Waals surface area contributed by atoms with Crippen molar-refractivity contribution in [2.75, 3.05) is 19.5 Å². The smallest absolute Gasteiger partial charge is 0.226 e. The van der Waals surface area contributed by atoms with Gasteiger partial charge in [-0.1, -0.05) is 6.07 Å². The maximum Gasteiger partial charge on any atom is 0.226 e. The largest absolute Gasteiger partial charge is 0.496 e. The molecule has 0 radical (unpaired) electrons. The van der Waals surface area contributed by atoms with Gasteiger partial charge in [0.1, 0.15) is 28.7 Å². The van der Waals surface area contributed by atoms with Gasteiger partial charge in [0.15, 0.2) is 5.78 Å². The van der Waals surface area contributed by atoms with Crippen LogP contribution in [0.15, 0.2) is 42.5 Å². The molecule has 1 atom stereocenters. The Bertz CT molecular complexity index is 1120. The van der Waals surface area contributed by atoms with Gasteiger partial charge >= 0.3 is 0 Å². The zero-order valence-electron chi connectivity index (χ0n) is 16.7. The number of anilines is 1. The second kappa shape index (κ2) is 7.62. The van der Waals surface area contributed by atoms with E-state index in [0.717, 1.165) is 0 Å². The summed E-state index contributed by atoms with van der Waals surface area (Å²) in [6.45, 7) is 1.77. The van der Waals surface area contributed by atoms with Crippen molar-refractivity contribution in [1.82, 2.24) is 9.78 Å². The van der Waals surface area contributed by atoms with E-state index in [-0.39, 0.29) is 29.5 Å². The molecule has 1 aromatic heterocycles. The highest BCUT2D eigenvalue weighted by Gasteiger charge is 2.38. The molecule has 3 aromatic rings. The van der Waals surface area contributed by atoms with Gasteiger partial charge in [0.25, 0.3) is 0 Å². The Balaban J connectivity index is 1.85. The molecule has 0 saturated heterocycles. The van der Waals surface area contributed by atoms with Gasteiger partial charge in [-0.05, 0) is 43.3 Å². The molecule has 0 unspecified atom stereocenters. The fourth-order valence-corrected chi connectivity index (χ4v) is 3.81. The first-order valence-electron chi connectivity index (χ1n) is 9.35. The third-order valence-corrected chi connectivity index (χ3v) is 5.16. The van der Waals surface area contributed by atoms with Crippen LogP contribution in [0.5, 0.6) is 11.5 Å². The molecule has 4 rings (SSSR count). The quantitative estimate of drug-likeness (QED) is 0.651. The van der Waals surface area contributed by atoms with Crippen molar-refractivity contribution < 1.29 is 23.5 Å². The molecule has 154 valence electrons. The highest BCUT2D eigenvalue weighted by molar-refractivity contribution is 6.10. The van der Waals surface area contributed by atoms with Gasteiger partial charge in [0.05, 0.1) is 31.5 Å². The van der Waals surface area contributed by atoms with Gasteiger partial charge in [0.2, 0.25) is 5.91 Å². The van der Waals surface area contributed by atoms with Crippen molar-refractivity contribution in [2.24, 2.45) is 0 Å². The highest BCUT2D eigenvalue weighted by Crippen LogP contribution is 2.41. The van der Waals surface area contributed by atoms with Gasteiger partial charge in [-0.2, -0.15) is 5.10 Å². The standard InChI is InChI=1S/C22H20FN3O4/c1-12-19-15(21(28)20-16(29-2)5-4-6-17(20)30-3)11-18(27)24-22(19)26(25-12)14-9-7-13(23)8-10-14/h4-10,15H,11H2,1-3H3,(H,24,27)/t15-/m0/s1. The number of rotatable bonds is 5. The van der Waals surface area contributed by atoms with Gasteiger partial charge in [-0.25, -0.2) is 9.07 Å². The van der Waals surface area contributed by atoms with E-state index in [0.29, 0.717) is 34.3 Å². The molecule has 0 fully saturated rings. The molecule has 7 nitrogen and oxygen atoms in total. The Morgan fingerprint density at radius 3 is 2.37 bits per heavy atom. The minimum Gasteiger partial charge on any atom is -0.496 e. The number of ether oxygens (including phenoxy) is 2. The zero-order chi connectivity index (χ0) is 21.4. The molecule has 2 aromatic carbocycles. The molecular weight excluding hydrogens is 389 g/mol. The van der Waals surface area contributed by atoms with Crippen molar-refractivity contribution in [1.29, 1.82) is 0 Å². The van der Waals surface area contributed by atoms with Crippen LogP contribution < -0.4 is 14.8 Å². The van der Waals surface area contributed by atoms with Crippen LogP contribution in [0.1, 0.15) is 34.0 Å². The summed E-state index contributed by atoms with van der Waals surface area (Å²) in [5.74, 6) is -0.585. The van der Waals surface area contributed by atoms with Crippen molar-refractivity contribution in [3.05, 3.63) is 65.1 Å². The maximum atomic E-state index is 13.6. The number of carbonyl (C=O) groups excluding carboxylic acids is 2. The summed E-state index contributed by atoms with van der Waals surface area (Å²) >= 11 is 0. The normalized spacial score (nSPS) is 15.3. The fourth-order valence-electron chi connectivity index (χ4n) is 3.81. The molecule has 1 aliphatic heterocycles. The second-order valence-electron chi connectivity index (χ2n) is 6.94. The van der Waals surface area contributed by atoms with Crippen LogP contribution in [0.4, 0.5) is 10.2 Å². The van der Waals surface area contributed by atoms with E-state index in [9.17, 15) is 14.0 Å². The van der Waals surface area contributed by atoms with Crippen molar-refractivity contribution in [3.8, 4) is 17.2 Å². The predicted molar refractivity (Wildman–Crippen MR) is 108 cm³/mol. The Hall–Kier alpha value is -3.68. The summed E-state index contributed by atoms with van der Waals surface area (Å²) in [6.07, 6.45) is -0.0248. The average molecular weight is 409 g/mol. The van der Waals surface area contributed by atoms with E-state index in [1.807, 2.05) is 0 Å². The lowest BCUT2D eigenvalue weighted by molar-refractivity contribution is -0.116. The molecule has 0 saturated carbocycles. The predicted octanol–water partition coefficient (Wildman–Crippen LogP) is 3.65. The van der Waals surface area contributed by atoms with Gasteiger partial charge in [-0.15, -0.1) is 0 Å². The van der Waals surface area contributed by atoms with Gasteiger partial charge < -0.3 is 14.8 Å². The molecule has 2 heterocycles. The van der Waals surface area contributed by atoms with Crippen LogP contribution in [0.3, 0.4) is 0 Å². The lowest BCUT2D eigenvalue weighted by Crippen LogP contribution is -2.29. The number of carbonyl (C=O) groups is 2. The number of hydrogen-bond acceptors (Lipinski definition) is 5. The van der Waals surface area contributed by atoms with Crippen molar-refractivity contribution in [2.45, 2.75) is 19.3 Å². The van der Waals surface area contributed by atoms with E-state index in [1.54, 1.807) is 37.3 Å². The SMILES string of the molecule is COc1cccc(OC)c1C(=O)[C@H]1CC(=O)Nc2c1c(C)nn2-c1ccc(F)cc1. The van der Waals surface area contributed by atoms with E-state index in [1.165, 1.54) is 31.0 Å². The van der Waals surface area contributed by atoms with Crippen LogP contribution in [0.2, 0.25) is 0 Å². The average Bonchev–Trinajstić information content (AvgIpc) is 3.08. The zero-order valence-corrected chi connectivity index (χ0v) is 16.7. The van der Waals surface area contributed by atoms with Crippen LogP contribution in [0, 0.1) is 12.7 Å². The number of amides is 1. The Kier molecular flexibility index (Phi) is 4.99. The molecule has 8 heteroatoms. The Morgan fingerprint density at radius 1 is 1.13 bits per heavy atom. The van der Waals surface area contributed by atoms with Crippen LogP contribution in [0.25, 0.3) is 5.69 Å². The molecule has 30 heavy (non-hydrogen) atoms. The number of fused-ring (bicyclic) bond motifs is 1. The number of nitrogens with one attached hydrogen (secondary N) is 1. The third-order valence-electron chi connectivity index (χ3n) is 5.16. The van der Waals surface area contributed by atoms with Crippen LogP contribution in [-0.4, -0.2) is 35.7 Å². The number of hydrogen-bond donors (Lipinski definition) is 1. The lowest BCUT2D eigenvalue weighted by Gasteiger charge is -2.24. The summed E-state index contributed by atoms with van der Waals surface area (Å²) in [5.41, 5.74) is 2.07. The Morgan fingerprint density at radius 2 is 1.77 bits per heavy atom. The minimum atomic E-state index is -0.756. The molecule has 0 bridgehead atoms. The molecule has 1 N–H and O–H groups in total. The number of benzene rings is 2. The summed E-state index contributed by atoms with van der Waals surface area (Å²) in [4.78, 5) is 26.1. The molecule has 0 aliphatic carbocycles. The van der Waals surface area contributed by atoms with E-state index >= 15 is 0 Å². The van der Waals surface area contributed by atoms with Gasteiger partial charge in [0, 0.05) is 12.0 Å². The number of ketones is 1. The molecule has 1 amide bonds. The second-order valence-corrected chi connectivity index (χ2v) is 6.94. The lowest BCUT2D eigenvalue weighted by atomic mass is 9.85. The number of methoxy groups -OCH3 is 2. The number of aromatic nitrogens is 2. The molecule has 0 spiro atoms. The summed E-state index contributed by atoms with van der Waals surface area (Å²) in [7, 11) is 2.95. The van der Waals surface area contributed by atoms with E-state index in [2.05, 4.69) is 10.4 Å². The van der Waals surface area contributed by atoms with Crippen LogP contribution in [-0.2, 0) is 4.79 Å². The van der Waals surface area contributed by atoms with Crippen molar-refractivity contribution >= 4 is 17.5 Å². The maximum absolute atomic E-state index is 13.6. The van der Waals surface area contributed by atoms with Crippen molar-refractivity contribution in [3.63, 3.8) is 0 Å². The highest BCUT2D eigenvalue weighted by atomic mass is 19.1. The fraction of sp³-hybridized carbons (Fsp3) is 0.227.